The molecular weight excluding hydrogens is 386 g/mol. The lowest BCUT2D eigenvalue weighted by atomic mass is 10.1. The normalized spacial score (nSPS) is 18.2. The smallest absolute Gasteiger partial charge is 0.375 e. The van der Waals surface area contributed by atoms with E-state index in [9.17, 15) is 18.0 Å². The van der Waals surface area contributed by atoms with E-state index in [1.807, 2.05) is 0 Å². The van der Waals surface area contributed by atoms with Gasteiger partial charge < -0.3 is 18.8 Å². The minimum Gasteiger partial charge on any atom is -0.497 e. The summed E-state index contributed by atoms with van der Waals surface area (Å²) in [4.78, 5) is 26.3. The first-order valence-corrected chi connectivity index (χ1v) is 10.8. The molecule has 2 aromatic rings. The van der Waals surface area contributed by atoms with E-state index in [-0.39, 0.29) is 23.3 Å². The monoisotopic (exact) mass is 409 g/mol. The maximum atomic E-state index is 12.5. The number of hydrogen-bond acceptors (Lipinski definition) is 7. The summed E-state index contributed by atoms with van der Waals surface area (Å²) < 4.78 is 39.2. The van der Waals surface area contributed by atoms with Crippen molar-refractivity contribution in [2.75, 3.05) is 31.8 Å². The molecule has 0 spiro atoms. The Hall–Kier alpha value is -2.55. The van der Waals surface area contributed by atoms with Gasteiger partial charge in [0.15, 0.2) is 16.4 Å². The second-order valence-electron chi connectivity index (χ2n) is 6.73. The number of nitrogens with zero attached hydrogens (tertiary/aromatic N) is 1. The third kappa shape index (κ3) is 3.99. The summed E-state index contributed by atoms with van der Waals surface area (Å²) in [6.07, 6.45) is 0.403. The van der Waals surface area contributed by atoms with Crippen LogP contribution >= 0.6 is 0 Å². The van der Waals surface area contributed by atoms with E-state index in [0.717, 1.165) is 5.39 Å². The number of esters is 1. The van der Waals surface area contributed by atoms with Crippen LogP contribution in [0.3, 0.4) is 0 Å². The van der Waals surface area contributed by atoms with Crippen LogP contribution in [-0.4, -0.2) is 63.0 Å². The van der Waals surface area contributed by atoms with Crippen molar-refractivity contribution in [1.82, 2.24) is 4.90 Å². The van der Waals surface area contributed by atoms with Crippen LogP contribution in [0.25, 0.3) is 11.0 Å². The third-order valence-electron chi connectivity index (χ3n) is 4.97. The minimum absolute atomic E-state index is 0.0301. The van der Waals surface area contributed by atoms with Crippen LogP contribution in [-0.2, 0) is 19.4 Å². The Morgan fingerprint density at radius 1 is 1.32 bits per heavy atom. The van der Waals surface area contributed by atoms with E-state index < -0.39 is 28.3 Å². The fourth-order valence-corrected chi connectivity index (χ4v) is 5.19. The molecule has 1 saturated heterocycles. The van der Waals surface area contributed by atoms with E-state index in [1.54, 1.807) is 39.2 Å². The number of amides is 1. The van der Waals surface area contributed by atoms with Crippen LogP contribution in [0.1, 0.15) is 29.5 Å². The molecular formula is C19H23NO7S. The number of hydrogen-bond donors (Lipinski definition) is 0. The summed E-state index contributed by atoms with van der Waals surface area (Å²) in [7, 11) is -1.56. The molecule has 2 heterocycles. The highest BCUT2D eigenvalue weighted by molar-refractivity contribution is 7.91. The van der Waals surface area contributed by atoms with E-state index in [1.165, 1.54) is 4.90 Å². The molecule has 0 aliphatic carbocycles. The van der Waals surface area contributed by atoms with Gasteiger partial charge >= 0.3 is 5.97 Å². The summed E-state index contributed by atoms with van der Waals surface area (Å²) in [5.74, 6) is -0.475. The number of likely N-dealkylation sites (N-methyl/N-ethyl adjacent to an activating group) is 1. The van der Waals surface area contributed by atoms with Gasteiger partial charge in [0.25, 0.3) is 5.91 Å². The summed E-state index contributed by atoms with van der Waals surface area (Å²) in [6.45, 7) is 3.37. The van der Waals surface area contributed by atoms with E-state index >= 15 is 0 Å². The fourth-order valence-electron chi connectivity index (χ4n) is 3.46. The van der Waals surface area contributed by atoms with Crippen molar-refractivity contribution < 1.29 is 31.9 Å². The van der Waals surface area contributed by atoms with Crippen molar-refractivity contribution in [3.05, 3.63) is 29.5 Å². The summed E-state index contributed by atoms with van der Waals surface area (Å²) in [5, 5.41) is 0.726. The van der Waals surface area contributed by atoms with Crippen molar-refractivity contribution >= 4 is 32.7 Å². The molecule has 1 atom stereocenters. The van der Waals surface area contributed by atoms with Gasteiger partial charge in [0, 0.05) is 23.5 Å². The molecule has 152 valence electrons. The lowest BCUT2D eigenvalue weighted by Crippen LogP contribution is -2.43. The van der Waals surface area contributed by atoms with Crippen LogP contribution in [0.5, 0.6) is 5.75 Å². The quantitative estimate of drug-likeness (QED) is 0.672. The van der Waals surface area contributed by atoms with Crippen LogP contribution in [0, 0.1) is 6.92 Å². The third-order valence-corrected chi connectivity index (χ3v) is 6.72. The molecule has 1 amide bonds. The predicted octanol–water partition coefficient (Wildman–Crippen LogP) is 1.94. The molecule has 1 aliphatic heterocycles. The number of furan rings is 1. The lowest BCUT2D eigenvalue weighted by Gasteiger charge is -2.26. The standard InChI is InChI=1S/C19H23NO7S/c1-4-20(13-7-8-28(23,24)11-13)17(21)10-26-19(22)18-12(2)15-9-14(25-3)5-6-16(15)27-18/h5-6,9,13H,4,7-8,10-11H2,1-3H3/t13-/m1/s1. The summed E-state index contributed by atoms with van der Waals surface area (Å²) in [5.41, 5.74) is 1.11. The first-order valence-electron chi connectivity index (χ1n) is 9.00. The van der Waals surface area contributed by atoms with Gasteiger partial charge in [-0.2, -0.15) is 0 Å². The zero-order chi connectivity index (χ0) is 20.5. The van der Waals surface area contributed by atoms with Gasteiger partial charge in [-0.1, -0.05) is 0 Å². The molecule has 1 aromatic heterocycles. The van der Waals surface area contributed by atoms with Crippen LogP contribution in [0.2, 0.25) is 0 Å². The van der Waals surface area contributed by atoms with Crippen molar-refractivity contribution in [2.45, 2.75) is 26.3 Å². The van der Waals surface area contributed by atoms with Crippen LogP contribution in [0.4, 0.5) is 0 Å². The molecule has 1 fully saturated rings. The topological polar surface area (TPSA) is 103 Å². The van der Waals surface area contributed by atoms with Crippen molar-refractivity contribution in [3.63, 3.8) is 0 Å². The molecule has 0 N–H and O–H groups in total. The molecule has 3 rings (SSSR count). The highest BCUT2D eigenvalue weighted by Gasteiger charge is 2.34. The Labute approximate surface area is 163 Å². The molecule has 0 radical (unpaired) electrons. The maximum absolute atomic E-state index is 12.5. The maximum Gasteiger partial charge on any atom is 0.375 e. The Kier molecular flexibility index (Phi) is 5.64. The largest absolute Gasteiger partial charge is 0.497 e. The molecule has 1 aliphatic rings. The number of carbonyl (C=O) groups excluding carboxylic acids is 2. The Balaban J connectivity index is 1.68. The van der Waals surface area contributed by atoms with E-state index in [4.69, 9.17) is 13.9 Å². The van der Waals surface area contributed by atoms with E-state index in [2.05, 4.69) is 0 Å². The molecule has 1 aromatic carbocycles. The fraction of sp³-hybridized carbons (Fsp3) is 0.474. The number of sulfone groups is 1. The number of methoxy groups -OCH3 is 1. The number of fused-ring (bicyclic) bond motifs is 1. The first-order chi connectivity index (χ1) is 13.3. The van der Waals surface area contributed by atoms with Gasteiger partial charge in [0.2, 0.25) is 5.76 Å². The number of aryl methyl sites for hydroxylation is 1. The first kappa shape index (κ1) is 20.2. The summed E-state index contributed by atoms with van der Waals surface area (Å²) in [6, 6.07) is 4.80. The van der Waals surface area contributed by atoms with Gasteiger partial charge in [0.05, 0.1) is 18.6 Å². The highest BCUT2D eigenvalue weighted by Crippen LogP contribution is 2.29. The Morgan fingerprint density at radius 3 is 2.68 bits per heavy atom. The van der Waals surface area contributed by atoms with Crippen LogP contribution in [0.15, 0.2) is 22.6 Å². The summed E-state index contributed by atoms with van der Waals surface area (Å²) >= 11 is 0. The highest BCUT2D eigenvalue weighted by atomic mass is 32.2. The zero-order valence-corrected chi connectivity index (χ0v) is 16.9. The molecule has 8 nitrogen and oxygen atoms in total. The predicted molar refractivity (Wildman–Crippen MR) is 102 cm³/mol. The average Bonchev–Trinajstić information content (AvgIpc) is 3.19. The van der Waals surface area contributed by atoms with Gasteiger partial charge in [-0.3, -0.25) is 4.79 Å². The van der Waals surface area contributed by atoms with E-state index in [0.29, 0.717) is 29.9 Å². The SMILES string of the molecule is CCN(C(=O)COC(=O)c1oc2ccc(OC)cc2c1C)[C@@H]1CCS(=O)(=O)C1. The lowest BCUT2D eigenvalue weighted by molar-refractivity contribution is -0.136. The Morgan fingerprint density at radius 2 is 2.07 bits per heavy atom. The molecule has 28 heavy (non-hydrogen) atoms. The molecule has 0 bridgehead atoms. The van der Waals surface area contributed by atoms with Crippen LogP contribution < -0.4 is 4.74 Å². The van der Waals surface area contributed by atoms with Gasteiger partial charge in [-0.25, -0.2) is 13.2 Å². The molecule has 0 unspecified atom stereocenters. The number of carbonyl (C=O) groups is 2. The number of rotatable bonds is 6. The van der Waals surface area contributed by atoms with Crippen molar-refractivity contribution in [2.24, 2.45) is 0 Å². The van der Waals surface area contributed by atoms with Gasteiger partial charge in [-0.15, -0.1) is 0 Å². The molecule has 9 heteroatoms. The van der Waals surface area contributed by atoms with Crippen molar-refractivity contribution in [3.8, 4) is 5.75 Å². The zero-order valence-electron chi connectivity index (χ0n) is 16.1. The van der Waals surface area contributed by atoms with Gasteiger partial charge in [0.1, 0.15) is 11.3 Å². The average molecular weight is 409 g/mol. The van der Waals surface area contributed by atoms with Gasteiger partial charge in [-0.05, 0) is 38.5 Å². The number of ether oxygens (including phenoxy) is 2. The minimum atomic E-state index is -3.11. The second kappa shape index (κ2) is 7.83. The second-order valence-corrected chi connectivity index (χ2v) is 8.96. The Bertz CT molecular complexity index is 1010. The van der Waals surface area contributed by atoms with Crippen molar-refractivity contribution in [1.29, 1.82) is 0 Å². The molecule has 0 saturated carbocycles. The number of benzene rings is 1.